The van der Waals surface area contributed by atoms with Crippen molar-refractivity contribution in [3.8, 4) is 0 Å². The molecule has 0 fully saturated rings. The highest BCUT2D eigenvalue weighted by Crippen LogP contribution is 2.28. The van der Waals surface area contributed by atoms with E-state index in [1.54, 1.807) is 18.2 Å². The van der Waals surface area contributed by atoms with Crippen LogP contribution >= 0.6 is 0 Å². The standard InChI is InChI=1S/C22H23N3O5/c1-2-3-9-18-17(16-8-4-5-10-19(16)30-18)11-12-20(26)24-25-22(28)21(27)23-14-15-7-6-13-29-15/h4-8,10-13H,2-3,9,14H2,1H3,(H,23,27)(H,24,26)(H,25,28)/b12-11+. The molecule has 30 heavy (non-hydrogen) atoms. The Bertz CT molecular complexity index is 1050. The van der Waals surface area contributed by atoms with Crippen LogP contribution in [0.5, 0.6) is 0 Å². The van der Waals surface area contributed by atoms with E-state index in [1.807, 2.05) is 24.3 Å². The largest absolute Gasteiger partial charge is 0.467 e. The zero-order valence-corrected chi connectivity index (χ0v) is 16.6. The second-order valence-corrected chi connectivity index (χ2v) is 6.58. The Hall–Kier alpha value is -3.81. The van der Waals surface area contributed by atoms with Crippen molar-refractivity contribution in [3.63, 3.8) is 0 Å². The van der Waals surface area contributed by atoms with Gasteiger partial charge in [0.1, 0.15) is 17.1 Å². The van der Waals surface area contributed by atoms with Crippen LogP contribution in [0.3, 0.4) is 0 Å². The number of carbonyl (C=O) groups is 3. The van der Waals surface area contributed by atoms with Crippen LogP contribution in [0.15, 0.2) is 57.6 Å². The number of carbonyl (C=O) groups excluding carboxylic acids is 3. The quantitative estimate of drug-likeness (QED) is 0.315. The lowest BCUT2D eigenvalue weighted by Gasteiger charge is -2.05. The molecule has 2 heterocycles. The van der Waals surface area contributed by atoms with E-state index in [2.05, 4.69) is 23.1 Å². The number of benzene rings is 1. The predicted octanol–water partition coefficient (Wildman–Crippen LogP) is 2.85. The van der Waals surface area contributed by atoms with Crippen LogP contribution in [0.4, 0.5) is 0 Å². The van der Waals surface area contributed by atoms with Gasteiger partial charge in [0.2, 0.25) is 0 Å². The van der Waals surface area contributed by atoms with Crippen molar-refractivity contribution in [3.05, 3.63) is 65.8 Å². The van der Waals surface area contributed by atoms with E-state index < -0.39 is 17.7 Å². The number of hydrogen-bond acceptors (Lipinski definition) is 5. The SMILES string of the molecule is CCCCc1oc2ccccc2c1/C=C/C(=O)NNC(=O)C(=O)NCc1ccco1. The minimum Gasteiger partial charge on any atom is -0.467 e. The maximum absolute atomic E-state index is 12.1. The molecule has 0 bridgehead atoms. The maximum Gasteiger partial charge on any atom is 0.327 e. The van der Waals surface area contributed by atoms with E-state index >= 15 is 0 Å². The zero-order valence-electron chi connectivity index (χ0n) is 16.6. The molecule has 8 nitrogen and oxygen atoms in total. The van der Waals surface area contributed by atoms with Gasteiger partial charge in [0, 0.05) is 23.4 Å². The van der Waals surface area contributed by atoms with E-state index in [0.29, 0.717) is 5.76 Å². The summed E-state index contributed by atoms with van der Waals surface area (Å²) in [5, 5.41) is 3.29. The van der Waals surface area contributed by atoms with Crippen molar-refractivity contribution in [1.29, 1.82) is 0 Å². The fourth-order valence-electron chi connectivity index (χ4n) is 2.86. The van der Waals surface area contributed by atoms with Gasteiger partial charge in [0.25, 0.3) is 5.91 Å². The summed E-state index contributed by atoms with van der Waals surface area (Å²) in [6.07, 6.45) is 7.15. The number of aryl methyl sites for hydroxylation is 1. The highest BCUT2D eigenvalue weighted by Gasteiger charge is 2.14. The van der Waals surface area contributed by atoms with Crippen LogP contribution in [0.1, 0.15) is 36.8 Å². The third-order valence-corrected chi connectivity index (χ3v) is 4.38. The maximum atomic E-state index is 12.1. The normalized spacial score (nSPS) is 11.0. The smallest absolute Gasteiger partial charge is 0.327 e. The van der Waals surface area contributed by atoms with Gasteiger partial charge in [0.05, 0.1) is 12.8 Å². The second kappa shape index (κ2) is 10.1. The molecular formula is C22H23N3O5. The van der Waals surface area contributed by atoms with Crippen LogP contribution in [0.25, 0.3) is 17.0 Å². The summed E-state index contributed by atoms with van der Waals surface area (Å²) in [6, 6.07) is 10.9. The van der Waals surface area contributed by atoms with Gasteiger partial charge in [-0.15, -0.1) is 0 Å². The molecule has 1 aromatic carbocycles. The van der Waals surface area contributed by atoms with Crippen molar-refractivity contribution in [2.45, 2.75) is 32.7 Å². The van der Waals surface area contributed by atoms with Gasteiger partial charge in [-0.05, 0) is 30.7 Å². The summed E-state index contributed by atoms with van der Waals surface area (Å²) in [5.41, 5.74) is 5.85. The number of nitrogens with one attached hydrogen (secondary N) is 3. The first-order chi connectivity index (χ1) is 14.6. The van der Waals surface area contributed by atoms with E-state index in [4.69, 9.17) is 8.83 Å². The van der Waals surface area contributed by atoms with Crippen LogP contribution in [-0.2, 0) is 27.3 Å². The number of unbranched alkanes of at least 4 members (excludes halogenated alkanes) is 1. The van der Waals surface area contributed by atoms with Crippen molar-refractivity contribution < 1.29 is 23.2 Å². The topological polar surface area (TPSA) is 114 Å². The fourth-order valence-corrected chi connectivity index (χ4v) is 2.86. The van der Waals surface area contributed by atoms with Gasteiger partial charge < -0.3 is 14.2 Å². The molecule has 0 aliphatic rings. The monoisotopic (exact) mass is 409 g/mol. The Morgan fingerprint density at radius 3 is 2.63 bits per heavy atom. The third-order valence-electron chi connectivity index (χ3n) is 4.38. The average molecular weight is 409 g/mol. The lowest BCUT2D eigenvalue weighted by molar-refractivity contribution is -0.140. The summed E-state index contributed by atoms with van der Waals surface area (Å²) >= 11 is 0. The molecule has 0 unspecified atom stereocenters. The Morgan fingerprint density at radius 1 is 1.03 bits per heavy atom. The summed E-state index contributed by atoms with van der Waals surface area (Å²) < 4.78 is 11.0. The van der Waals surface area contributed by atoms with Crippen LogP contribution < -0.4 is 16.2 Å². The summed E-state index contributed by atoms with van der Waals surface area (Å²) in [7, 11) is 0. The molecule has 3 amide bonds. The molecule has 2 aromatic heterocycles. The molecule has 0 spiro atoms. The van der Waals surface area contributed by atoms with E-state index in [9.17, 15) is 14.4 Å². The molecule has 0 aliphatic carbocycles. The van der Waals surface area contributed by atoms with Gasteiger partial charge >= 0.3 is 11.8 Å². The van der Waals surface area contributed by atoms with Gasteiger partial charge in [-0.25, -0.2) is 0 Å². The number of rotatable bonds is 7. The minimum atomic E-state index is -0.985. The highest BCUT2D eigenvalue weighted by molar-refractivity contribution is 6.35. The van der Waals surface area contributed by atoms with Crippen LogP contribution in [-0.4, -0.2) is 17.7 Å². The number of para-hydroxylation sites is 1. The summed E-state index contributed by atoms with van der Waals surface area (Å²) in [5.74, 6) is -1.13. The molecular weight excluding hydrogens is 386 g/mol. The van der Waals surface area contributed by atoms with Gasteiger partial charge in [-0.2, -0.15) is 0 Å². The number of fused-ring (bicyclic) bond motifs is 1. The third kappa shape index (κ3) is 5.38. The molecule has 0 atom stereocenters. The van der Waals surface area contributed by atoms with Gasteiger partial charge in [-0.3, -0.25) is 25.2 Å². The van der Waals surface area contributed by atoms with E-state index in [-0.39, 0.29) is 6.54 Å². The first-order valence-corrected chi connectivity index (χ1v) is 9.67. The Balaban J connectivity index is 1.56. The molecule has 0 saturated heterocycles. The molecule has 3 rings (SSSR count). The molecule has 0 saturated carbocycles. The predicted molar refractivity (Wildman–Crippen MR) is 111 cm³/mol. The number of furan rings is 2. The van der Waals surface area contributed by atoms with Crippen molar-refractivity contribution in [2.75, 3.05) is 0 Å². The molecule has 0 radical (unpaired) electrons. The van der Waals surface area contributed by atoms with Gasteiger partial charge in [0.15, 0.2) is 0 Å². The summed E-state index contributed by atoms with van der Waals surface area (Å²) in [6.45, 7) is 2.17. The zero-order chi connectivity index (χ0) is 21.3. The molecule has 3 N–H and O–H groups in total. The van der Waals surface area contributed by atoms with Crippen LogP contribution in [0.2, 0.25) is 0 Å². The van der Waals surface area contributed by atoms with Crippen molar-refractivity contribution in [1.82, 2.24) is 16.2 Å². The lowest BCUT2D eigenvalue weighted by atomic mass is 10.1. The van der Waals surface area contributed by atoms with E-state index in [1.165, 1.54) is 12.3 Å². The molecule has 156 valence electrons. The second-order valence-electron chi connectivity index (χ2n) is 6.58. The Labute approximate surface area is 173 Å². The Morgan fingerprint density at radius 2 is 1.87 bits per heavy atom. The lowest BCUT2D eigenvalue weighted by Crippen LogP contribution is -2.47. The van der Waals surface area contributed by atoms with Gasteiger partial charge in [-0.1, -0.05) is 31.5 Å². The fraction of sp³-hybridized carbons (Fsp3) is 0.227. The Kier molecular flexibility index (Phi) is 7.05. The van der Waals surface area contributed by atoms with Crippen LogP contribution in [0, 0.1) is 0 Å². The first-order valence-electron chi connectivity index (χ1n) is 9.67. The molecule has 0 aliphatic heterocycles. The molecule has 8 heteroatoms. The average Bonchev–Trinajstić information content (AvgIpc) is 3.40. The number of hydrazine groups is 1. The van der Waals surface area contributed by atoms with E-state index in [0.717, 1.165) is 41.6 Å². The molecule has 3 aromatic rings. The number of hydrogen-bond donors (Lipinski definition) is 3. The summed E-state index contributed by atoms with van der Waals surface area (Å²) in [4.78, 5) is 35.6. The highest BCUT2D eigenvalue weighted by atomic mass is 16.3. The number of amides is 3. The minimum absolute atomic E-state index is 0.0706. The first kappa shape index (κ1) is 20.9. The van der Waals surface area contributed by atoms with Crippen molar-refractivity contribution >= 4 is 34.8 Å². The van der Waals surface area contributed by atoms with Crippen molar-refractivity contribution in [2.24, 2.45) is 0 Å².